The maximum absolute atomic E-state index is 13.2. The molecule has 2 nitrogen and oxygen atoms in total. The van der Waals surface area contributed by atoms with Crippen LogP contribution in [0.2, 0.25) is 0 Å². The number of halogens is 4. The van der Waals surface area contributed by atoms with E-state index in [1.54, 1.807) is 0 Å². The monoisotopic (exact) mass is 305 g/mol. The molecular formula is C15H19F4NO. The van der Waals surface area contributed by atoms with Crippen molar-refractivity contribution in [2.45, 2.75) is 33.9 Å². The number of nitrogens with one attached hydrogen (secondary N) is 1. The van der Waals surface area contributed by atoms with E-state index in [2.05, 4.69) is 5.32 Å². The molecule has 0 bridgehead atoms. The number of hydrogen-bond donors (Lipinski definition) is 1. The molecule has 118 valence electrons. The Hall–Kier alpha value is -1.59. The van der Waals surface area contributed by atoms with E-state index in [-0.39, 0.29) is 16.9 Å². The third-order valence-corrected chi connectivity index (χ3v) is 3.80. The highest BCUT2D eigenvalue weighted by molar-refractivity contribution is 5.94. The first-order chi connectivity index (χ1) is 9.45. The van der Waals surface area contributed by atoms with Gasteiger partial charge >= 0.3 is 6.18 Å². The van der Waals surface area contributed by atoms with E-state index in [0.29, 0.717) is 18.7 Å². The molecule has 21 heavy (non-hydrogen) atoms. The van der Waals surface area contributed by atoms with Crippen molar-refractivity contribution in [1.29, 1.82) is 0 Å². The minimum atomic E-state index is -4.82. The summed E-state index contributed by atoms with van der Waals surface area (Å²) in [6.07, 6.45) is -4.82. The lowest BCUT2D eigenvalue weighted by atomic mass is 9.81. The Morgan fingerprint density at radius 2 is 1.81 bits per heavy atom. The molecule has 0 atom stereocenters. The van der Waals surface area contributed by atoms with E-state index in [0.717, 1.165) is 6.07 Å². The van der Waals surface area contributed by atoms with E-state index in [1.165, 1.54) is 0 Å². The molecule has 0 aliphatic rings. The molecule has 0 fully saturated rings. The zero-order valence-corrected chi connectivity index (χ0v) is 12.4. The number of alkyl halides is 3. The summed E-state index contributed by atoms with van der Waals surface area (Å²) in [6.45, 7) is 8.20. The zero-order chi connectivity index (χ0) is 16.4. The van der Waals surface area contributed by atoms with Gasteiger partial charge in [0.1, 0.15) is 5.82 Å². The fourth-order valence-corrected chi connectivity index (χ4v) is 1.50. The summed E-state index contributed by atoms with van der Waals surface area (Å²) >= 11 is 0. The predicted molar refractivity (Wildman–Crippen MR) is 72.4 cm³/mol. The molecule has 6 heteroatoms. The molecular weight excluding hydrogens is 286 g/mol. The molecule has 0 heterocycles. The number of amides is 1. The number of carbonyl (C=O) groups excluding carboxylic acids is 1. The molecule has 0 aliphatic carbocycles. The number of hydrogen-bond acceptors (Lipinski definition) is 1. The summed E-state index contributed by atoms with van der Waals surface area (Å²) in [4.78, 5) is 11.9. The molecule has 0 spiro atoms. The Morgan fingerprint density at radius 3 is 2.29 bits per heavy atom. The van der Waals surface area contributed by atoms with Gasteiger partial charge in [-0.25, -0.2) is 4.39 Å². The van der Waals surface area contributed by atoms with Crippen molar-refractivity contribution in [2.75, 3.05) is 6.54 Å². The molecule has 1 N–H and O–H groups in total. The van der Waals surface area contributed by atoms with Crippen LogP contribution in [0.5, 0.6) is 0 Å². The summed E-state index contributed by atoms with van der Waals surface area (Å²) in [7, 11) is 0. The molecule has 0 unspecified atom stereocenters. The SMILES string of the molecule is CC(C)C(C)(C)CNC(=O)c1ccc(F)c(C(F)(F)F)c1. The molecule has 1 aromatic rings. The van der Waals surface area contributed by atoms with E-state index >= 15 is 0 Å². The van der Waals surface area contributed by atoms with Crippen molar-refractivity contribution in [2.24, 2.45) is 11.3 Å². The van der Waals surface area contributed by atoms with E-state index in [1.807, 2.05) is 27.7 Å². The standard InChI is InChI=1S/C15H19F4NO/c1-9(2)14(3,4)8-20-13(21)10-5-6-12(16)11(7-10)15(17,18)19/h5-7,9H,8H2,1-4H3,(H,20,21). The van der Waals surface area contributed by atoms with Gasteiger partial charge in [0.05, 0.1) is 5.56 Å². The van der Waals surface area contributed by atoms with Crippen molar-refractivity contribution in [1.82, 2.24) is 5.32 Å². The average Bonchev–Trinajstić information content (AvgIpc) is 2.35. The van der Waals surface area contributed by atoms with Crippen LogP contribution in [0.15, 0.2) is 18.2 Å². The van der Waals surface area contributed by atoms with Crippen LogP contribution in [0.3, 0.4) is 0 Å². The maximum Gasteiger partial charge on any atom is 0.419 e. The van der Waals surface area contributed by atoms with E-state index in [4.69, 9.17) is 0 Å². The van der Waals surface area contributed by atoms with Crippen LogP contribution in [-0.4, -0.2) is 12.5 Å². The second-order valence-corrected chi connectivity index (χ2v) is 6.02. The highest BCUT2D eigenvalue weighted by atomic mass is 19.4. The first-order valence-corrected chi connectivity index (χ1v) is 6.60. The van der Waals surface area contributed by atoms with Crippen LogP contribution in [0.4, 0.5) is 17.6 Å². The van der Waals surface area contributed by atoms with Gasteiger partial charge < -0.3 is 5.32 Å². The normalized spacial score (nSPS) is 12.6. The lowest BCUT2D eigenvalue weighted by molar-refractivity contribution is -0.140. The van der Waals surface area contributed by atoms with E-state index in [9.17, 15) is 22.4 Å². The number of rotatable bonds is 4. The molecule has 0 aromatic heterocycles. The molecule has 1 rings (SSSR count). The van der Waals surface area contributed by atoms with Crippen molar-refractivity contribution >= 4 is 5.91 Å². The van der Waals surface area contributed by atoms with Crippen LogP contribution < -0.4 is 5.32 Å². The number of carbonyl (C=O) groups is 1. The van der Waals surface area contributed by atoms with Gasteiger partial charge in [-0.1, -0.05) is 27.7 Å². The minimum Gasteiger partial charge on any atom is -0.351 e. The molecule has 0 saturated carbocycles. The molecule has 0 radical (unpaired) electrons. The van der Waals surface area contributed by atoms with Crippen LogP contribution in [0.25, 0.3) is 0 Å². The Morgan fingerprint density at radius 1 is 1.24 bits per heavy atom. The van der Waals surface area contributed by atoms with Gasteiger partial charge in [-0.15, -0.1) is 0 Å². The van der Waals surface area contributed by atoms with Gasteiger partial charge in [0.25, 0.3) is 5.91 Å². The largest absolute Gasteiger partial charge is 0.419 e. The predicted octanol–water partition coefficient (Wildman–Crippen LogP) is 4.26. The van der Waals surface area contributed by atoms with Gasteiger partial charge in [0.15, 0.2) is 0 Å². The first-order valence-electron chi connectivity index (χ1n) is 6.60. The van der Waals surface area contributed by atoms with Gasteiger partial charge in [-0.3, -0.25) is 4.79 Å². The van der Waals surface area contributed by atoms with Crippen LogP contribution in [0.1, 0.15) is 43.6 Å². The van der Waals surface area contributed by atoms with Crippen molar-refractivity contribution in [3.63, 3.8) is 0 Å². The minimum absolute atomic E-state index is 0.192. The van der Waals surface area contributed by atoms with E-state index < -0.39 is 23.5 Å². The maximum atomic E-state index is 13.2. The second kappa shape index (κ2) is 6.03. The summed E-state index contributed by atoms with van der Waals surface area (Å²) in [5.41, 5.74) is -1.83. The summed E-state index contributed by atoms with van der Waals surface area (Å²) in [6, 6.07) is 2.24. The topological polar surface area (TPSA) is 29.1 Å². The van der Waals surface area contributed by atoms with Gasteiger partial charge in [-0.2, -0.15) is 13.2 Å². The van der Waals surface area contributed by atoms with Crippen molar-refractivity contribution in [3.05, 3.63) is 35.1 Å². The summed E-state index contributed by atoms with van der Waals surface area (Å²) < 4.78 is 51.0. The van der Waals surface area contributed by atoms with Crippen molar-refractivity contribution < 1.29 is 22.4 Å². The highest BCUT2D eigenvalue weighted by Crippen LogP contribution is 2.32. The Kier molecular flexibility index (Phi) is 5.02. The molecule has 1 aromatic carbocycles. The fourth-order valence-electron chi connectivity index (χ4n) is 1.50. The van der Waals surface area contributed by atoms with Gasteiger partial charge in [-0.05, 0) is 29.5 Å². The fraction of sp³-hybridized carbons (Fsp3) is 0.533. The van der Waals surface area contributed by atoms with Crippen molar-refractivity contribution in [3.8, 4) is 0 Å². The third kappa shape index (κ3) is 4.44. The summed E-state index contributed by atoms with van der Waals surface area (Å²) in [5, 5.41) is 2.59. The van der Waals surface area contributed by atoms with Crippen LogP contribution in [-0.2, 0) is 6.18 Å². The van der Waals surface area contributed by atoms with Crippen LogP contribution in [0, 0.1) is 17.2 Å². The molecule has 0 aliphatic heterocycles. The van der Waals surface area contributed by atoms with Gasteiger partial charge in [0, 0.05) is 12.1 Å². The van der Waals surface area contributed by atoms with Crippen LogP contribution >= 0.6 is 0 Å². The first kappa shape index (κ1) is 17.5. The summed E-state index contributed by atoms with van der Waals surface area (Å²) in [5.74, 6) is -1.74. The highest BCUT2D eigenvalue weighted by Gasteiger charge is 2.34. The second-order valence-electron chi connectivity index (χ2n) is 6.02. The lowest BCUT2D eigenvalue weighted by Gasteiger charge is -2.29. The Bertz CT molecular complexity index is 521. The molecule has 0 saturated heterocycles. The zero-order valence-electron chi connectivity index (χ0n) is 12.4. The Labute approximate surface area is 121 Å². The third-order valence-electron chi connectivity index (χ3n) is 3.80. The average molecular weight is 305 g/mol. The number of benzene rings is 1. The molecule has 1 amide bonds. The van der Waals surface area contributed by atoms with Gasteiger partial charge in [0.2, 0.25) is 0 Å². The Balaban J connectivity index is 2.90. The quantitative estimate of drug-likeness (QED) is 0.828. The smallest absolute Gasteiger partial charge is 0.351 e. The lowest BCUT2D eigenvalue weighted by Crippen LogP contribution is -2.37.